The Hall–Kier alpha value is -3.31. The van der Waals surface area contributed by atoms with Crippen molar-refractivity contribution in [3.8, 4) is 11.5 Å². The molecule has 31 heavy (non-hydrogen) atoms. The van der Waals surface area contributed by atoms with Crippen molar-refractivity contribution in [3.63, 3.8) is 0 Å². The van der Waals surface area contributed by atoms with Crippen LogP contribution in [0.2, 0.25) is 5.02 Å². The van der Waals surface area contributed by atoms with Crippen molar-refractivity contribution in [3.05, 3.63) is 94.0 Å². The molecule has 0 unspecified atom stereocenters. The van der Waals surface area contributed by atoms with Gasteiger partial charge in [0.05, 0.1) is 5.56 Å². The summed E-state index contributed by atoms with van der Waals surface area (Å²) in [6.07, 6.45) is 0. The zero-order valence-corrected chi connectivity index (χ0v) is 18.5. The number of aryl methyl sites for hydroxylation is 1. The monoisotopic (exact) mass is 440 g/mol. The van der Waals surface area contributed by atoms with Gasteiger partial charge < -0.3 is 14.2 Å². The van der Waals surface area contributed by atoms with Gasteiger partial charge in [0, 0.05) is 16.7 Å². The first kappa shape index (κ1) is 24.0. The van der Waals surface area contributed by atoms with E-state index in [1.165, 1.54) is 0 Å². The van der Waals surface area contributed by atoms with Crippen molar-refractivity contribution in [2.75, 3.05) is 0 Å². The summed E-state index contributed by atoms with van der Waals surface area (Å²) in [4.78, 5) is 22.6. The highest BCUT2D eigenvalue weighted by Gasteiger charge is 2.16. The minimum Gasteiger partial charge on any atom is -0.489 e. The van der Waals surface area contributed by atoms with Gasteiger partial charge in [-0.1, -0.05) is 61.8 Å². The van der Waals surface area contributed by atoms with Crippen molar-refractivity contribution >= 4 is 24.0 Å². The Morgan fingerprint density at radius 3 is 2.16 bits per heavy atom. The van der Waals surface area contributed by atoms with Crippen molar-refractivity contribution in [1.29, 1.82) is 0 Å². The quantitative estimate of drug-likeness (QED) is 0.239. The Morgan fingerprint density at radius 1 is 0.903 bits per heavy atom. The largest absolute Gasteiger partial charge is 0.489 e. The number of benzene rings is 3. The van der Waals surface area contributed by atoms with E-state index in [1.807, 2.05) is 56.3 Å². The van der Waals surface area contributed by atoms with Crippen LogP contribution in [-0.4, -0.2) is 12.4 Å². The van der Waals surface area contributed by atoms with Gasteiger partial charge in [0.1, 0.15) is 24.7 Å². The number of hydrogen-bond donors (Lipinski definition) is 0. The van der Waals surface area contributed by atoms with Crippen molar-refractivity contribution in [1.82, 2.24) is 0 Å². The summed E-state index contributed by atoms with van der Waals surface area (Å²) in [5, 5.41) is 0.677. The molecule has 0 atom stereocenters. The molecule has 3 rings (SSSR count). The van der Waals surface area contributed by atoms with Crippen LogP contribution in [0.4, 0.5) is 0 Å². The molecule has 3 aromatic carbocycles. The molecule has 0 heterocycles. The zero-order valence-electron chi connectivity index (χ0n) is 17.8. The normalized spacial score (nSPS) is 9.81. The fraction of sp³-hybridized carbons (Fsp3) is 0.200. The summed E-state index contributed by atoms with van der Waals surface area (Å²) in [7, 11) is 0. The van der Waals surface area contributed by atoms with Gasteiger partial charge in [0.15, 0.2) is 0 Å². The van der Waals surface area contributed by atoms with Crippen LogP contribution in [-0.2, 0) is 22.7 Å². The molecule has 6 heteroatoms. The number of carbonyl (C=O) groups excluding carboxylic acids is 2. The van der Waals surface area contributed by atoms with Gasteiger partial charge in [-0.05, 0) is 42.3 Å². The summed E-state index contributed by atoms with van der Waals surface area (Å²) in [5.74, 6) is 0.550. The SMILES string of the molecule is CC.Cc1cccc(COc2cccc(OCc3ccc(Cl)cc3)c2)c1C(=O)OC=O. The van der Waals surface area contributed by atoms with Crippen LogP contribution in [0.5, 0.6) is 11.5 Å². The lowest BCUT2D eigenvalue weighted by Crippen LogP contribution is -2.11. The highest BCUT2D eigenvalue weighted by atomic mass is 35.5. The molecule has 0 aromatic heterocycles. The summed E-state index contributed by atoms with van der Waals surface area (Å²) in [6, 6.07) is 20.0. The molecule has 3 aromatic rings. The average Bonchev–Trinajstić information content (AvgIpc) is 2.79. The van der Waals surface area contributed by atoms with E-state index in [4.69, 9.17) is 21.1 Å². The lowest BCUT2D eigenvalue weighted by Gasteiger charge is -2.13. The lowest BCUT2D eigenvalue weighted by atomic mass is 10.0. The summed E-state index contributed by atoms with van der Waals surface area (Å²) < 4.78 is 16.1. The molecular formula is C25H25ClO5. The van der Waals surface area contributed by atoms with Crippen molar-refractivity contribution < 1.29 is 23.8 Å². The molecule has 0 radical (unpaired) electrons. The van der Waals surface area contributed by atoms with Gasteiger partial charge in [0.25, 0.3) is 0 Å². The molecule has 162 valence electrons. The van der Waals surface area contributed by atoms with Crippen LogP contribution >= 0.6 is 11.6 Å². The predicted octanol–water partition coefficient (Wildman–Crippen LogP) is 6.15. The van der Waals surface area contributed by atoms with Gasteiger partial charge >= 0.3 is 12.4 Å². The summed E-state index contributed by atoms with van der Waals surface area (Å²) in [5.41, 5.74) is 2.66. The third-order valence-electron chi connectivity index (χ3n) is 4.24. The maximum absolute atomic E-state index is 12.1. The van der Waals surface area contributed by atoms with E-state index in [1.54, 1.807) is 31.2 Å². The van der Waals surface area contributed by atoms with Gasteiger partial charge in [-0.2, -0.15) is 0 Å². The number of halogens is 1. The summed E-state index contributed by atoms with van der Waals surface area (Å²) >= 11 is 5.89. The molecule has 0 aliphatic carbocycles. The highest BCUT2D eigenvalue weighted by Crippen LogP contribution is 2.23. The van der Waals surface area contributed by atoms with Gasteiger partial charge in [0.2, 0.25) is 0 Å². The lowest BCUT2D eigenvalue weighted by molar-refractivity contribution is -0.123. The fourth-order valence-electron chi connectivity index (χ4n) is 2.81. The predicted molar refractivity (Wildman–Crippen MR) is 121 cm³/mol. The third-order valence-corrected chi connectivity index (χ3v) is 4.49. The Bertz CT molecular complexity index is 999. The number of esters is 1. The summed E-state index contributed by atoms with van der Waals surface area (Å²) in [6.45, 7) is 6.45. The molecular weight excluding hydrogens is 416 g/mol. The Labute approximate surface area is 187 Å². The van der Waals surface area contributed by atoms with E-state index >= 15 is 0 Å². The molecule has 0 fully saturated rings. The van der Waals surface area contributed by atoms with Crippen LogP contribution in [0.15, 0.2) is 66.7 Å². The zero-order chi connectivity index (χ0) is 22.6. The molecule has 0 aliphatic rings. The smallest absolute Gasteiger partial charge is 0.346 e. The number of ether oxygens (including phenoxy) is 3. The minimum absolute atomic E-state index is 0.126. The van der Waals surface area contributed by atoms with E-state index in [9.17, 15) is 9.59 Å². The first-order valence-corrected chi connectivity index (χ1v) is 10.3. The second-order valence-corrected chi connectivity index (χ2v) is 6.73. The average molecular weight is 441 g/mol. The van der Waals surface area contributed by atoms with Gasteiger partial charge in [-0.3, -0.25) is 4.79 Å². The topological polar surface area (TPSA) is 61.8 Å². The first-order valence-electron chi connectivity index (χ1n) is 9.90. The molecule has 0 amide bonds. The molecule has 0 aliphatic heterocycles. The molecule has 0 bridgehead atoms. The van der Waals surface area contributed by atoms with E-state index in [0.29, 0.717) is 39.8 Å². The van der Waals surface area contributed by atoms with Gasteiger partial charge in [-0.15, -0.1) is 0 Å². The van der Waals surface area contributed by atoms with Gasteiger partial charge in [-0.25, -0.2) is 4.79 Å². The Morgan fingerprint density at radius 2 is 1.52 bits per heavy atom. The van der Waals surface area contributed by atoms with E-state index in [0.717, 1.165) is 5.56 Å². The second kappa shape index (κ2) is 12.4. The van der Waals surface area contributed by atoms with Crippen LogP contribution in [0.3, 0.4) is 0 Å². The van der Waals surface area contributed by atoms with E-state index in [-0.39, 0.29) is 13.1 Å². The number of hydrogen-bond acceptors (Lipinski definition) is 5. The van der Waals surface area contributed by atoms with Crippen molar-refractivity contribution in [2.24, 2.45) is 0 Å². The molecule has 0 N–H and O–H groups in total. The standard InChI is InChI=1S/C23H19ClO5.C2H6/c1-16-4-2-5-18(22(16)23(26)29-15-25)14-28-21-7-3-6-20(12-21)27-13-17-8-10-19(24)11-9-17;1-2/h2-12,15H,13-14H2,1H3;1-2H3. The van der Waals surface area contributed by atoms with E-state index in [2.05, 4.69) is 4.74 Å². The molecule has 0 saturated carbocycles. The van der Waals surface area contributed by atoms with E-state index < -0.39 is 5.97 Å². The molecule has 0 saturated heterocycles. The Balaban J connectivity index is 0.00000166. The molecule has 0 spiro atoms. The van der Waals surface area contributed by atoms with Crippen LogP contribution in [0.25, 0.3) is 0 Å². The number of carbonyl (C=O) groups is 2. The maximum Gasteiger partial charge on any atom is 0.346 e. The highest BCUT2D eigenvalue weighted by molar-refractivity contribution is 6.30. The van der Waals surface area contributed by atoms with Crippen molar-refractivity contribution in [2.45, 2.75) is 34.0 Å². The maximum atomic E-state index is 12.1. The second-order valence-electron chi connectivity index (χ2n) is 6.29. The van der Waals surface area contributed by atoms with Crippen LogP contribution < -0.4 is 9.47 Å². The fourth-order valence-corrected chi connectivity index (χ4v) is 2.93. The number of rotatable bonds is 8. The third kappa shape index (κ3) is 7.15. The molecule has 5 nitrogen and oxygen atoms in total. The van der Waals surface area contributed by atoms with Crippen LogP contribution in [0, 0.1) is 6.92 Å². The van der Waals surface area contributed by atoms with Crippen LogP contribution in [0.1, 0.15) is 40.9 Å². The first-order chi connectivity index (χ1) is 15.1. The minimum atomic E-state index is -0.697. The Kier molecular flexibility index (Phi) is 9.59.